The first-order chi connectivity index (χ1) is 15.7. The molecule has 0 spiro atoms. The average Bonchev–Trinajstić information content (AvgIpc) is 2.99. The van der Waals surface area contributed by atoms with E-state index in [9.17, 15) is 13.2 Å². The van der Waals surface area contributed by atoms with E-state index in [4.69, 9.17) is 21.1 Å². The van der Waals surface area contributed by atoms with Gasteiger partial charge in [0.05, 0.1) is 36.5 Å². The van der Waals surface area contributed by atoms with Crippen molar-refractivity contribution in [2.24, 2.45) is 5.92 Å². The average molecular weight is 493 g/mol. The molecule has 0 aliphatic heterocycles. The van der Waals surface area contributed by atoms with Crippen molar-refractivity contribution < 1.29 is 17.9 Å². The van der Waals surface area contributed by atoms with Crippen LogP contribution in [0.2, 0.25) is 5.02 Å². The van der Waals surface area contributed by atoms with Crippen LogP contribution >= 0.6 is 11.6 Å². The van der Waals surface area contributed by atoms with E-state index in [1.54, 1.807) is 52.6 Å². The molecular formula is C24H29ClN2O5S. The van der Waals surface area contributed by atoms with Crippen LogP contribution < -0.4 is 15.2 Å². The molecule has 0 saturated heterocycles. The Bertz CT molecular complexity index is 1320. The molecular weight excluding hydrogens is 464 g/mol. The van der Waals surface area contributed by atoms with E-state index in [1.165, 1.54) is 12.7 Å². The minimum atomic E-state index is -3.43. The summed E-state index contributed by atoms with van der Waals surface area (Å²) < 4.78 is 39.4. The lowest BCUT2D eigenvalue weighted by Gasteiger charge is -2.25. The van der Waals surface area contributed by atoms with Crippen LogP contribution in [0.15, 0.2) is 41.2 Å². The van der Waals surface area contributed by atoms with E-state index in [-0.39, 0.29) is 11.4 Å². The van der Waals surface area contributed by atoms with E-state index in [0.29, 0.717) is 46.7 Å². The van der Waals surface area contributed by atoms with Crippen LogP contribution in [0.5, 0.6) is 11.5 Å². The van der Waals surface area contributed by atoms with Crippen molar-refractivity contribution in [2.75, 3.05) is 25.7 Å². The lowest BCUT2D eigenvalue weighted by atomic mass is 9.85. The third-order valence-electron chi connectivity index (χ3n) is 6.23. The van der Waals surface area contributed by atoms with Crippen LogP contribution in [0, 0.1) is 5.92 Å². The number of nitrogens with zero attached hydrogens (tertiary/aromatic N) is 2. The zero-order valence-corrected chi connectivity index (χ0v) is 20.7. The van der Waals surface area contributed by atoms with Gasteiger partial charge in [-0.2, -0.15) is 0 Å². The number of imidazole rings is 1. The van der Waals surface area contributed by atoms with E-state index < -0.39 is 15.9 Å². The van der Waals surface area contributed by atoms with Crippen molar-refractivity contribution in [3.63, 3.8) is 0 Å². The summed E-state index contributed by atoms with van der Waals surface area (Å²) in [6.45, 7) is 2.89. The number of benzene rings is 2. The number of hydrogen-bond acceptors (Lipinski definition) is 5. The number of fused-ring (bicyclic) bond motifs is 1. The third kappa shape index (κ3) is 4.92. The summed E-state index contributed by atoms with van der Waals surface area (Å²) in [7, 11) is -1.88. The second-order valence-corrected chi connectivity index (χ2v) is 11.3. The Morgan fingerprint density at radius 2 is 1.88 bits per heavy atom. The zero-order chi connectivity index (χ0) is 23.8. The number of hydrogen-bond donors (Lipinski definition) is 0. The quantitative estimate of drug-likeness (QED) is 0.445. The molecule has 0 N–H and O–H groups in total. The molecule has 178 valence electrons. The molecule has 2 aromatic carbocycles. The molecule has 0 bridgehead atoms. The van der Waals surface area contributed by atoms with Gasteiger partial charge in [-0.1, -0.05) is 24.1 Å². The lowest BCUT2D eigenvalue weighted by molar-refractivity contribution is 0.275. The Hall–Kier alpha value is -2.45. The van der Waals surface area contributed by atoms with Crippen LogP contribution in [0.25, 0.3) is 11.0 Å². The van der Waals surface area contributed by atoms with Crippen molar-refractivity contribution in [1.82, 2.24) is 9.13 Å². The van der Waals surface area contributed by atoms with E-state index in [1.807, 2.05) is 6.92 Å². The summed E-state index contributed by atoms with van der Waals surface area (Å²) in [5.74, 6) is 1.27. The Kier molecular flexibility index (Phi) is 6.77. The van der Waals surface area contributed by atoms with Crippen LogP contribution in [-0.4, -0.2) is 43.3 Å². The minimum absolute atomic E-state index is 0.226. The fraction of sp³-hybridized carbons (Fsp3) is 0.458. The van der Waals surface area contributed by atoms with Crippen LogP contribution in [-0.2, 0) is 16.4 Å². The van der Waals surface area contributed by atoms with Crippen LogP contribution in [0.3, 0.4) is 0 Å². The van der Waals surface area contributed by atoms with Crippen molar-refractivity contribution >= 4 is 32.5 Å². The molecule has 1 aromatic heterocycles. The summed E-state index contributed by atoms with van der Waals surface area (Å²) >= 11 is 6.28. The SMILES string of the molecule is CCOc1cc(C(CS(C)(=O)=O)n2c(=O)n(CC3CCC3)c3cc(Cl)ccc32)ccc1OC. The molecule has 1 fully saturated rings. The van der Waals surface area contributed by atoms with Gasteiger partial charge in [-0.15, -0.1) is 0 Å². The van der Waals surface area contributed by atoms with Crippen molar-refractivity contribution in [1.29, 1.82) is 0 Å². The van der Waals surface area contributed by atoms with Gasteiger partial charge in [0.1, 0.15) is 9.84 Å². The standard InChI is InChI=1S/C24H29ClN2O5S/c1-4-32-23-12-17(8-11-22(23)31-2)21(15-33(3,29)30)27-19-10-9-18(25)13-20(19)26(24(27)28)14-16-6-5-7-16/h8-13,16,21H,4-7,14-15H2,1-3H3. The Labute approximate surface area is 198 Å². The summed E-state index contributed by atoms with van der Waals surface area (Å²) in [4.78, 5) is 13.7. The molecule has 1 saturated carbocycles. The van der Waals surface area contributed by atoms with Gasteiger partial charge in [-0.3, -0.25) is 9.13 Å². The number of rotatable bonds is 9. The Balaban J connectivity index is 1.93. The highest BCUT2D eigenvalue weighted by molar-refractivity contribution is 7.90. The molecule has 0 radical (unpaired) electrons. The number of ether oxygens (including phenoxy) is 2. The van der Waals surface area contributed by atoms with E-state index in [0.717, 1.165) is 18.4 Å². The maximum Gasteiger partial charge on any atom is 0.329 e. The number of aromatic nitrogens is 2. The molecule has 1 aliphatic carbocycles. The number of halogens is 1. The minimum Gasteiger partial charge on any atom is -0.493 e. The summed E-state index contributed by atoms with van der Waals surface area (Å²) in [5.41, 5.74) is 1.80. The van der Waals surface area contributed by atoms with Crippen molar-refractivity contribution in [3.8, 4) is 11.5 Å². The van der Waals surface area contributed by atoms with Crippen LogP contribution in [0.4, 0.5) is 0 Å². The first kappa shape index (κ1) is 23.7. The molecule has 0 amide bonds. The smallest absolute Gasteiger partial charge is 0.329 e. The molecule has 1 unspecified atom stereocenters. The predicted octanol–water partition coefficient (Wildman–Crippen LogP) is 4.30. The molecule has 4 rings (SSSR count). The maximum atomic E-state index is 13.7. The molecule has 1 aliphatic rings. The Morgan fingerprint density at radius 1 is 1.12 bits per heavy atom. The highest BCUT2D eigenvalue weighted by atomic mass is 35.5. The van der Waals surface area contributed by atoms with Gasteiger partial charge >= 0.3 is 5.69 Å². The first-order valence-corrected chi connectivity index (χ1v) is 13.5. The topological polar surface area (TPSA) is 79.5 Å². The van der Waals surface area contributed by atoms with Gasteiger partial charge in [0, 0.05) is 17.8 Å². The monoisotopic (exact) mass is 492 g/mol. The van der Waals surface area contributed by atoms with Gasteiger partial charge in [0.15, 0.2) is 11.5 Å². The summed E-state index contributed by atoms with van der Waals surface area (Å²) in [6, 6.07) is 9.85. The molecule has 1 heterocycles. The maximum absolute atomic E-state index is 13.7. The number of sulfone groups is 1. The molecule has 7 nitrogen and oxygen atoms in total. The highest BCUT2D eigenvalue weighted by Crippen LogP contribution is 2.34. The van der Waals surface area contributed by atoms with Crippen molar-refractivity contribution in [2.45, 2.75) is 38.8 Å². The fourth-order valence-electron chi connectivity index (χ4n) is 4.44. The predicted molar refractivity (Wildman–Crippen MR) is 131 cm³/mol. The fourth-order valence-corrected chi connectivity index (χ4v) is 5.52. The lowest BCUT2D eigenvalue weighted by Crippen LogP contribution is -2.33. The molecule has 1 atom stereocenters. The largest absolute Gasteiger partial charge is 0.493 e. The first-order valence-electron chi connectivity index (χ1n) is 11.1. The van der Waals surface area contributed by atoms with Crippen LogP contribution in [0.1, 0.15) is 37.8 Å². The molecule has 9 heteroatoms. The number of methoxy groups -OCH3 is 1. The Morgan fingerprint density at radius 3 is 2.48 bits per heavy atom. The summed E-state index contributed by atoms with van der Waals surface area (Å²) in [5, 5.41) is 0.532. The van der Waals surface area contributed by atoms with Gasteiger partial charge in [0.25, 0.3) is 0 Å². The third-order valence-corrected chi connectivity index (χ3v) is 7.39. The van der Waals surface area contributed by atoms with Crippen molar-refractivity contribution in [3.05, 3.63) is 57.5 Å². The summed E-state index contributed by atoms with van der Waals surface area (Å²) in [6.07, 6.45) is 4.52. The van der Waals surface area contributed by atoms with Gasteiger partial charge in [-0.05, 0) is 61.6 Å². The normalized spacial score (nSPS) is 15.4. The van der Waals surface area contributed by atoms with Gasteiger partial charge in [0.2, 0.25) is 0 Å². The van der Waals surface area contributed by atoms with Gasteiger partial charge < -0.3 is 9.47 Å². The second kappa shape index (κ2) is 9.43. The van der Waals surface area contributed by atoms with E-state index in [2.05, 4.69) is 0 Å². The van der Waals surface area contributed by atoms with Gasteiger partial charge in [-0.25, -0.2) is 13.2 Å². The van der Waals surface area contributed by atoms with E-state index >= 15 is 0 Å². The zero-order valence-electron chi connectivity index (χ0n) is 19.1. The highest BCUT2D eigenvalue weighted by Gasteiger charge is 2.28. The second-order valence-electron chi connectivity index (χ2n) is 8.64. The molecule has 33 heavy (non-hydrogen) atoms. The molecule has 3 aromatic rings.